The Morgan fingerprint density at radius 2 is 2.11 bits per heavy atom. The van der Waals surface area contributed by atoms with Gasteiger partial charge in [-0.25, -0.2) is 14.9 Å². The van der Waals surface area contributed by atoms with E-state index in [4.69, 9.17) is 0 Å². The van der Waals surface area contributed by atoms with E-state index >= 15 is 0 Å². The number of aryl methyl sites for hydroxylation is 2. The zero-order valence-electron chi connectivity index (χ0n) is 14.0. The molecule has 0 saturated carbocycles. The van der Waals surface area contributed by atoms with Crippen molar-refractivity contribution >= 4 is 39.5 Å². The van der Waals surface area contributed by atoms with Crippen LogP contribution in [0.4, 0.5) is 5.69 Å². The fraction of sp³-hybridized carbons (Fsp3) is 0.133. The molecule has 0 aliphatic carbocycles. The van der Waals surface area contributed by atoms with Crippen LogP contribution in [0.15, 0.2) is 27.8 Å². The predicted molar refractivity (Wildman–Crippen MR) is 97.8 cm³/mol. The number of rotatable bonds is 4. The lowest BCUT2D eigenvalue weighted by Crippen LogP contribution is -2.19. The Bertz CT molecular complexity index is 1110. The van der Waals surface area contributed by atoms with Crippen molar-refractivity contribution in [1.82, 2.24) is 25.0 Å². The van der Waals surface area contributed by atoms with Crippen LogP contribution in [-0.2, 0) is 0 Å². The van der Waals surface area contributed by atoms with Crippen LogP contribution >= 0.6 is 15.9 Å². The van der Waals surface area contributed by atoms with Crippen LogP contribution in [0.25, 0.3) is 5.78 Å². The largest absolute Gasteiger partial charge is 0.502 e. The molecule has 11 nitrogen and oxygen atoms in total. The van der Waals surface area contributed by atoms with Gasteiger partial charge in [0.05, 0.1) is 11.1 Å². The van der Waals surface area contributed by atoms with Crippen molar-refractivity contribution in [1.29, 1.82) is 0 Å². The predicted octanol–water partition coefficient (Wildman–Crippen LogP) is 1.88. The molecule has 2 aromatic heterocycles. The number of halogens is 1. The molecule has 2 N–H and O–H groups in total. The van der Waals surface area contributed by atoms with Crippen molar-refractivity contribution in [2.45, 2.75) is 13.8 Å². The number of phenolic OH excluding ortho intramolecular Hbond substituents is 1. The number of carbonyl (C=O) groups is 1. The van der Waals surface area contributed by atoms with E-state index in [1.165, 1.54) is 10.6 Å². The normalized spacial score (nSPS) is 11.2. The summed E-state index contributed by atoms with van der Waals surface area (Å²) in [7, 11) is 0. The Kier molecular flexibility index (Phi) is 4.81. The highest BCUT2D eigenvalue weighted by atomic mass is 79.9. The van der Waals surface area contributed by atoms with E-state index < -0.39 is 22.3 Å². The number of carbonyl (C=O) groups excluding carboxylic acids is 1. The first kappa shape index (κ1) is 18.4. The number of nitrogens with zero attached hydrogens (tertiary/aromatic N) is 6. The number of hydrogen-bond donors (Lipinski definition) is 2. The number of phenols is 1. The molecule has 0 radical (unpaired) electrons. The van der Waals surface area contributed by atoms with E-state index in [1.807, 2.05) is 0 Å². The highest BCUT2D eigenvalue weighted by Gasteiger charge is 2.18. The van der Waals surface area contributed by atoms with E-state index in [9.17, 15) is 20.0 Å². The van der Waals surface area contributed by atoms with Gasteiger partial charge in [0.25, 0.3) is 5.78 Å². The van der Waals surface area contributed by atoms with Gasteiger partial charge in [-0.3, -0.25) is 14.9 Å². The topological polar surface area (TPSA) is 148 Å². The third-order valence-electron chi connectivity index (χ3n) is 3.47. The van der Waals surface area contributed by atoms with Gasteiger partial charge in [0, 0.05) is 27.5 Å². The Balaban J connectivity index is 1.82. The van der Waals surface area contributed by atoms with Gasteiger partial charge < -0.3 is 5.11 Å². The number of nitro groups is 1. The molecule has 3 aromatic rings. The second-order valence-electron chi connectivity index (χ2n) is 5.51. The lowest BCUT2D eigenvalue weighted by molar-refractivity contribution is -0.385. The Morgan fingerprint density at radius 3 is 2.81 bits per heavy atom. The number of aromatic nitrogens is 4. The maximum atomic E-state index is 12.2. The van der Waals surface area contributed by atoms with Crippen molar-refractivity contribution < 1.29 is 14.8 Å². The summed E-state index contributed by atoms with van der Waals surface area (Å²) in [6, 6.07) is 4.37. The molecular weight excluding hydrogens is 422 g/mol. The van der Waals surface area contributed by atoms with E-state index in [0.717, 1.165) is 23.7 Å². The first-order valence-electron chi connectivity index (χ1n) is 7.47. The van der Waals surface area contributed by atoms with Gasteiger partial charge in [-0.05, 0) is 26.0 Å². The lowest BCUT2D eigenvalue weighted by Gasteiger charge is -2.01. The fourth-order valence-corrected chi connectivity index (χ4v) is 2.78. The number of hydrogen-bond acceptors (Lipinski definition) is 8. The minimum absolute atomic E-state index is 0.0486. The number of benzene rings is 1. The smallest absolute Gasteiger partial charge is 0.312 e. The quantitative estimate of drug-likeness (QED) is 0.362. The Hall–Kier alpha value is -3.41. The number of nitrogens with one attached hydrogen (secondary N) is 1. The zero-order chi connectivity index (χ0) is 19.7. The van der Waals surface area contributed by atoms with Crippen LogP contribution in [0.1, 0.15) is 27.6 Å². The zero-order valence-corrected chi connectivity index (χ0v) is 15.6. The Labute approximate surface area is 160 Å². The summed E-state index contributed by atoms with van der Waals surface area (Å²) < 4.78 is 1.80. The summed E-state index contributed by atoms with van der Waals surface area (Å²) in [6.07, 6.45) is 1.08. The molecule has 1 aromatic carbocycles. The summed E-state index contributed by atoms with van der Waals surface area (Å²) in [6.45, 7) is 3.61. The second kappa shape index (κ2) is 7.07. The molecule has 0 saturated heterocycles. The average Bonchev–Trinajstić information content (AvgIpc) is 3.01. The van der Waals surface area contributed by atoms with Gasteiger partial charge in [0.2, 0.25) is 11.6 Å². The molecule has 0 bridgehead atoms. The summed E-state index contributed by atoms with van der Waals surface area (Å²) in [5.41, 5.74) is 3.27. The summed E-state index contributed by atoms with van der Waals surface area (Å²) in [4.78, 5) is 30.6. The summed E-state index contributed by atoms with van der Waals surface area (Å²) in [5.74, 6) is -1.13. The van der Waals surface area contributed by atoms with Gasteiger partial charge in [-0.2, -0.15) is 10.1 Å². The number of aromatic hydroxyl groups is 1. The molecule has 0 aliphatic heterocycles. The van der Waals surface area contributed by atoms with Crippen LogP contribution in [0.5, 0.6) is 5.75 Å². The number of hydrazone groups is 1. The van der Waals surface area contributed by atoms with Crippen LogP contribution < -0.4 is 5.43 Å². The van der Waals surface area contributed by atoms with Crippen LogP contribution in [0, 0.1) is 24.0 Å². The monoisotopic (exact) mass is 433 g/mol. The van der Waals surface area contributed by atoms with Gasteiger partial charge >= 0.3 is 11.6 Å². The maximum absolute atomic E-state index is 12.2. The highest BCUT2D eigenvalue weighted by molar-refractivity contribution is 9.10. The first-order valence-corrected chi connectivity index (χ1v) is 8.27. The van der Waals surface area contributed by atoms with Crippen LogP contribution in [0.2, 0.25) is 0 Å². The molecule has 3 rings (SSSR count). The van der Waals surface area contributed by atoms with Gasteiger partial charge in [-0.15, -0.1) is 5.10 Å². The molecule has 0 unspecified atom stereocenters. The van der Waals surface area contributed by atoms with Crippen LogP contribution in [-0.4, -0.2) is 41.7 Å². The molecule has 0 spiro atoms. The average molecular weight is 434 g/mol. The van der Waals surface area contributed by atoms with E-state index in [-0.39, 0.29) is 17.2 Å². The number of amides is 1. The summed E-state index contributed by atoms with van der Waals surface area (Å²) in [5, 5.41) is 28.6. The lowest BCUT2D eigenvalue weighted by atomic mass is 10.2. The maximum Gasteiger partial charge on any atom is 0.312 e. The second-order valence-corrected chi connectivity index (χ2v) is 6.42. The Morgan fingerprint density at radius 1 is 1.37 bits per heavy atom. The molecule has 12 heteroatoms. The number of nitro benzene ring substituents is 1. The third-order valence-corrected chi connectivity index (χ3v) is 3.93. The van der Waals surface area contributed by atoms with E-state index in [2.05, 4.69) is 41.5 Å². The van der Waals surface area contributed by atoms with E-state index in [1.54, 1.807) is 19.9 Å². The fourth-order valence-electron chi connectivity index (χ4n) is 2.32. The van der Waals surface area contributed by atoms with Crippen molar-refractivity contribution in [2.24, 2.45) is 5.10 Å². The number of fused-ring (bicyclic) bond motifs is 1. The summed E-state index contributed by atoms with van der Waals surface area (Å²) >= 11 is 3.11. The van der Waals surface area contributed by atoms with Crippen molar-refractivity contribution in [3.63, 3.8) is 0 Å². The van der Waals surface area contributed by atoms with Crippen LogP contribution in [0.3, 0.4) is 0 Å². The van der Waals surface area contributed by atoms with Gasteiger partial charge in [0.15, 0.2) is 0 Å². The third kappa shape index (κ3) is 3.74. The molecule has 138 valence electrons. The molecule has 2 heterocycles. The minimum atomic E-state index is -0.728. The SMILES string of the molecule is Cc1cc(C)n2nc(C(=O)NN=Cc3cc(Br)cc([N+](=O)[O-])c3O)nc2n1. The molecular formula is C15H12BrN7O4. The molecule has 0 fully saturated rings. The highest BCUT2D eigenvalue weighted by Crippen LogP contribution is 2.32. The van der Waals surface area contributed by atoms with E-state index in [0.29, 0.717) is 4.47 Å². The molecule has 27 heavy (non-hydrogen) atoms. The van der Waals surface area contributed by atoms with Crippen molar-refractivity contribution in [3.8, 4) is 5.75 Å². The molecule has 0 atom stereocenters. The first-order chi connectivity index (χ1) is 12.8. The molecule has 0 aliphatic rings. The van der Waals surface area contributed by atoms with Crippen molar-refractivity contribution in [3.05, 3.63) is 55.6 Å². The minimum Gasteiger partial charge on any atom is -0.502 e. The molecule has 1 amide bonds. The van der Waals surface area contributed by atoms with Gasteiger partial charge in [0.1, 0.15) is 0 Å². The standard InChI is InChI=1S/C15H12BrN7O4/c1-7-3-8(2)22-15(18-7)19-13(21-22)14(25)20-17-6-9-4-10(16)5-11(12(9)24)23(26)27/h3-6,24H,1-2H3,(H,20,25). The van der Waals surface area contributed by atoms with Crippen molar-refractivity contribution in [2.75, 3.05) is 0 Å². The van der Waals surface area contributed by atoms with Gasteiger partial charge in [-0.1, -0.05) is 15.9 Å².